The van der Waals surface area contributed by atoms with E-state index >= 15 is 0 Å². The van der Waals surface area contributed by atoms with Crippen molar-refractivity contribution in [1.82, 2.24) is 0 Å². The first kappa shape index (κ1) is 79.9. The monoisotopic (exact) mass is 754 g/mol. The van der Waals surface area contributed by atoms with Gasteiger partial charge in [0.2, 0.25) is 0 Å². The highest BCUT2D eigenvalue weighted by Crippen LogP contribution is 2.14. The second kappa shape index (κ2) is 53.3. The Labute approximate surface area is 275 Å². The van der Waals surface area contributed by atoms with Crippen molar-refractivity contribution in [2.75, 3.05) is 33.2 Å². The van der Waals surface area contributed by atoms with Gasteiger partial charge in [0.25, 0.3) is 0 Å². The number of allylic oxidation sites excluding steroid dienone is 2. The molecule has 0 heterocycles. The van der Waals surface area contributed by atoms with Crippen molar-refractivity contribution in [3.05, 3.63) is 38.0 Å². The zero-order valence-electron chi connectivity index (χ0n) is 21.6. The minimum absolute atomic E-state index is 0. The van der Waals surface area contributed by atoms with E-state index < -0.39 is 45.3 Å². The molecule has 0 amide bonds. The number of carbonyl (C=O) groups is 3. The van der Waals surface area contributed by atoms with Crippen molar-refractivity contribution < 1.29 is 89.7 Å². The first-order valence-corrected chi connectivity index (χ1v) is 10.5. The van der Waals surface area contributed by atoms with Crippen molar-refractivity contribution in [2.45, 2.75) is 96.0 Å². The molecule has 0 saturated carbocycles. The summed E-state index contributed by atoms with van der Waals surface area (Å²) < 4.78 is 159. The van der Waals surface area contributed by atoms with Crippen LogP contribution in [0, 0.1) is 0 Å². The van der Waals surface area contributed by atoms with Crippen LogP contribution in [-0.4, -0.2) is 70.2 Å². The van der Waals surface area contributed by atoms with Crippen LogP contribution in [-0.2, 0) is 23.9 Å². The Bertz CT molecular complexity index is 611. The summed E-state index contributed by atoms with van der Waals surface area (Å²) in [6.45, 7) is 8.06. The maximum absolute atomic E-state index is 11.5. The molecule has 0 atom stereocenters. The third-order valence-electron chi connectivity index (χ3n) is 2.34. The smallest absolute Gasteiger partial charge is 0.466 e. The van der Waals surface area contributed by atoms with Gasteiger partial charge in [0.1, 0.15) is 13.3 Å². The summed E-state index contributed by atoms with van der Waals surface area (Å²) in [5.41, 5.74) is 0. The van der Waals surface area contributed by atoms with Crippen LogP contribution >= 0.6 is 0 Å². The quantitative estimate of drug-likeness (QED) is 0.0810. The number of ketones is 1. The van der Waals surface area contributed by atoms with Crippen LogP contribution in [0.3, 0.4) is 0 Å². The molecule has 20 heteroatoms. The lowest BCUT2D eigenvalue weighted by atomic mass is 10.2. The summed E-state index contributed by atoms with van der Waals surface area (Å²) in [5.74, 6) is -1.46. The van der Waals surface area contributed by atoms with Gasteiger partial charge in [-0.05, 0) is 12.8 Å². The van der Waals surface area contributed by atoms with Gasteiger partial charge >= 0.3 is 31.2 Å². The second-order valence-corrected chi connectivity index (χ2v) is 5.98. The van der Waals surface area contributed by atoms with Crippen molar-refractivity contribution in [3.63, 3.8) is 0 Å². The molecule has 48 heavy (non-hydrogen) atoms. The lowest BCUT2D eigenvalue weighted by Gasteiger charge is -2.00. The SMILES string of the molecule is C.C.C.C.C.C.C=CCCC(=O)CF.C=CCCC(=O)OCCCF.C=CCOC(=O)CF.FC(F)(F)F.FC(F)(F)F.FC(F)(F)F. The van der Waals surface area contributed by atoms with Gasteiger partial charge in [-0.1, -0.05) is 69.4 Å². The van der Waals surface area contributed by atoms with Crippen LogP contribution in [0.2, 0.25) is 0 Å². The molecule has 0 spiro atoms. The predicted octanol–water partition coefficient (Wildman–Crippen LogP) is 12.3. The lowest BCUT2D eigenvalue weighted by molar-refractivity contribution is -0.238. The number of ether oxygens (including phenoxy) is 2. The van der Waals surface area contributed by atoms with Crippen molar-refractivity contribution in [1.29, 1.82) is 0 Å². The molecular formula is C28H53F15O5. The molecule has 0 aromatic heterocycles. The largest absolute Gasteiger partial charge is 0.559 e. The highest BCUT2D eigenvalue weighted by Gasteiger charge is 2.25. The minimum atomic E-state index is -5.50. The van der Waals surface area contributed by atoms with Gasteiger partial charge in [0, 0.05) is 19.3 Å². The Kier molecular flexibility index (Phi) is 88.7. The van der Waals surface area contributed by atoms with Gasteiger partial charge in [-0.25, -0.2) is 13.6 Å². The Morgan fingerprint density at radius 1 is 0.521 bits per heavy atom. The number of esters is 2. The number of hydrogen-bond donors (Lipinski definition) is 0. The Balaban J connectivity index is -0.0000000324. The molecule has 5 nitrogen and oxygen atoms in total. The molecule has 0 N–H and O–H groups in total. The van der Waals surface area contributed by atoms with E-state index in [0.717, 1.165) is 0 Å². The van der Waals surface area contributed by atoms with Crippen molar-refractivity contribution in [2.24, 2.45) is 0 Å². The van der Waals surface area contributed by atoms with Crippen LogP contribution in [0.25, 0.3) is 0 Å². The summed E-state index contributed by atoms with van der Waals surface area (Å²) in [6, 6.07) is 0. The molecule has 0 aliphatic rings. The Morgan fingerprint density at radius 3 is 1.10 bits per heavy atom. The molecule has 0 aromatic rings. The van der Waals surface area contributed by atoms with Gasteiger partial charge < -0.3 is 9.47 Å². The topological polar surface area (TPSA) is 69.7 Å². The Hall–Kier alpha value is -3.22. The van der Waals surface area contributed by atoms with Crippen molar-refractivity contribution >= 4 is 17.7 Å². The lowest BCUT2D eigenvalue weighted by Crippen LogP contribution is -2.05. The van der Waals surface area contributed by atoms with Gasteiger partial charge in [-0.15, -0.1) is 65.8 Å². The van der Waals surface area contributed by atoms with Gasteiger partial charge in [0.15, 0.2) is 12.5 Å². The normalized spacial score (nSPS) is 8.65. The summed E-state index contributed by atoms with van der Waals surface area (Å²) >= 11 is 0. The summed E-state index contributed by atoms with van der Waals surface area (Å²) in [7, 11) is 0. The molecule has 0 saturated heterocycles. The summed E-state index contributed by atoms with van der Waals surface area (Å²) in [4.78, 5) is 30.8. The van der Waals surface area contributed by atoms with Gasteiger partial charge in [-0.3, -0.25) is 14.0 Å². The van der Waals surface area contributed by atoms with Crippen LogP contribution < -0.4 is 0 Å². The van der Waals surface area contributed by atoms with Crippen LogP contribution in [0.1, 0.15) is 76.7 Å². The first-order valence-electron chi connectivity index (χ1n) is 10.5. The maximum Gasteiger partial charge on any atom is 0.559 e. The summed E-state index contributed by atoms with van der Waals surface area (Å²) in [6.07, 6.45) is -9.73. The first-order chi connectivity index (χ1) is 18.9. The zero-order valence-corrected chi connectivity index (χ0v) is 21.6. The van der Waals surface area contributed by atoms with Gasteiger partial charge in [0.05, 0.1) is 13.3 Å². The minimum Gasteiger partial charge on any atom is -0.466 e. The zero-order chi connectivity index (χ0) is 34.8. The van der Waals surface area contributed by atoms with Crippen LogP contribution in [0.15, 0.2) is 38.0 Å². The average molecular weight is 755 g/mol. The van der Waals surface area contributed by atoms with E-state index in [1.54, 1.807) is 12.2 Å². The van der Waals surface area contributed by atoms with E-state index in [9.17, 15) is 80.2 Å². The molecule has 0 radical (unpaired) electrons. The molecule has 0 fully saturated rings. The molecule has 0 aliphatic heterocycles. The molecule has 0 unspecified atom stereocenters. The third-order valence-corrected chi connectivity index (χ3v) is 2.34. The van der Waals surface area contributed by atoms with Gasteiger partial charge in [-0.2, -0.15) is 0 Å². The highest BCUT2D eigenvalue weighted by atomic mass is 19.5. The summed E-state index contributed by atoms with van der Waals surface area (Å²) in [5, 5.41) is 0. The van der Waals surface area contributed by atoms with Crippen LogP contribution in [0.5, 0.6) is 0 Å². The number of Topliss-reactive ketones (excluding diaryl/α,β-unsaturated/α-hetero) is 1. The van der Waals surface area contributed by atoms with E-state index in [2.05, 4.69) is 29.2 Å². The third kappa shape index (κ3) is 236. The number of hydrogen-bond acceptors (Lipinski definition) is 5. The fourth-order valence-electron chi connectivity index (χ4n) is 1.05. The van der Waals surface area contributed by atoms with E-state index in [0.29, 0.717) is 32.1 Å². The fourth-order valence-corrected chi connectivity index (χ4v) is 1.05. The number of rotatable bonds is 13. The van der Waals surface area contributed by atoms with E-state index in [-0.39, 0.29) is 69.5 Å². The molecule has 0 aliphatic carbocycles. The van der Waals surface area contributed by atoms with E-state index in [1.165, 1.54) is 6.08 Å². The molecular weight excluding hydrogens is 701 g/mol. The molecule has 300 valence electrons. The molecule has 0 bridgehead atoms. The predicted molar refractivity (Wildman–Crippen MR) is 160 cm³/mol. The second-order valence-electron chi connectivity index (χ2n) is 5.98. The number of alkyl halides is 15. The average Bonchev–Trinajstić information content (AvgIpc) is 2.82. The van der Waals surface area contributed by atoms with Crippen molar-refractivity contribution in [3.8, 4) is 0 Å². The van der Waals surface area contributed by atoms with E-state index in [4.69, 9.17) is 0 Å². The molecule has 0 aromatic carbocycles. The Morgan fingerprint density at radius 2 is 0.854 bits per heavy atom. The fraction of sp³-hybridized carbons (Fsp3) is 0.679. The van der Waals surface area contributed by atoms with Crippen LogP contribution in [0.4, 0.5) is 65.9 Å². The maximum atomic E-state index is 11.5. The highest BCUT2D eigenvalue weighted by molar-refractivity contribution is 5.79. The standard InChI is InChI=1S/C8H13FO2.C6H9FO.C5H7FO2.3CF4.6CH4/c1-2-3-5-8(10)11-7-4-6-9;1-2-3-4-6(8)5-7;1-2-3-8-5(7)4-6;3*2-1(3,4)5;;;;;;/h2H,1,3-7H2;2H,1,3-5H2;2H,1,3-4H2;;;;6*1H4. The molecule has 0 rings (SSSR count). The number of halogens is 15. The van der Waals surface area contributed by atoms with E-state index in [1.807, 2.05) is 0 Å². The number of carbonyl (C=O) groups excluding carboxylic acids is 3.